The van der Waals surface area contributed by atoms with Gasteiger partial charge >= 0.3 is 35.8 Å². The topological polar surface area (TPSA) is 217 Å². The summed E-state index contributed by atoms with van der Waals surface area (Å²) in [6, 6.07) is 2.91. The lowest BCUT2D eigenvalue weighted by Gasteiger charge is -2.57. The Labute approximate surface area is 325 Å². The van der Waals surface area contributed by atoms with Crippen LogP contribution in [0.15, 0.2) is 24.5 Å². The molecule has 16 heteroatoms. The van der Waals surface area contributed by atoms with E-state index in [1.165, 1.54) is 52.2 Å². The maximum atomic E-state index is 15.0. The number of carbonyl (C=O) groups is 7. The van der Waals surface area contributed by atoms with Crippen molar-refractivity contribution >= 4 is 41.6 Å². The first-order valence-electron chi connectivity index (χ1n) is 18.9. The van der Waals surface area contributed by atoms with Crippen molar-refractivity contribution < 1.29 is 71.8 Å². The number of ketones is 1. The molecule has 2 saturated heterocycles. The van der Waals surface area contributed by atoms with Crippen molar-refractivity contribution in [3.8, 4) is 0 Å². The summed E-state index contributed by atoms with van der Waals surface area (Å²) >= 11 is 0. The average molecular weight is 788 g/mol. The summed E-state index contributed by atoms with van der Waals surface area (Å²) < 4.78 is 43.7. The third-order valence-corrected chi connectivity index (χ3v) is 11.8. The van der Waals surface area contributed by atoms with Gasteiger partial charge in [0, 0.05) is 45.0 Å². The van der Waals surface area contributed by atoms with Crippen molar-refractivity contribution in [3.05, 3.63) is 30.1 Å². The van der Waals surface area contributed by atoms with Gasteiger partial charge < -0.3 is 38.3 Å². The van der Waals surface area contributed by atoms with E-state index in [1.807, 2.05) is 0 Å². The Bertz CT molecular complexity index is 1760. The van der Waals surface area contributed by atoms with Gasteiger partial charge in [-0.2, -0.15) is 0 Å². The van der Waals surface area contributed by atoms with Gasteiger partial charge in [-0.25, -0.2) is 4.79 Å². The van der Waals surface area contributed by atoms with Crippen LogP contribution in [0.1, 0.15) is 99.4 Å². The number of pyridine rings is 1. The van der Waals surface area contributed by atoms with Crippen LogP contribution in [0.2, 0.25) is 0 Å². The molecule has 3 heterocycles. The number of aromatic nitrogens is 1. The minimum atomic E-state index is -2.70. The van der Waals surface area contributed by atoms with E-state index in [9.17, 15) is 38.7 Å². The molecule has 0 unspecified atom stereocenters. The molecule has 2 aliphatic carbocycles. The number of nitrogens with zero attached hydrogens (tertiary/aromatic N) is 1. The molecule has 3 bridgehead atoms. The van der Waals surface area contributed by atoms with Crippen LogP contribution in [-0.2, 0) is 61.9 Å². The zero-order valence-corrected chi connectivity index (χ0v) is 33.7. The van der Waals surface area contributed by atoms with Crippen molar-refractivity contribution in [2.75, 3.05) is 0 Å². The molecule has 308 valence electrons. The van der Waals surface area contributed by atoms with Gasteiger partial charge in [-0.3, -0.25) is 33.8 Å². The minimum Gasteiger partial charge on any atom is -0.462 e. The highest BCUT2D eigenvalue weighted by Gasteiger charge is 2.82. The lowest BCUT2D eigenvalue weighted by Crippen LogP contribution is -2.74. The average Bonchev–Trinajstić information content (AvgIpc) is 3.44. The molecular formula is C40H53NO15. The second kappa shape index (κ2) is 15.1. The number of Topliss-reactive ketones (excluding diaryl/α,β-unsaturated/α-hetero) is 1. The molecule has 4 aliphatic rings. The molecular weight excluding hydrogens is 734 g/mol. The van der Waals surface area contributed by atoms with Crippen LogP contribution < -0.4 is 0 Å². The molecule has 0 radical (unpaired) electrons. The van der Waals surface area contributed by atoms with E-state index in [2.05, 4.69) is 4.98 Å². The smallest absolute Gasteiger partial charge is 0.340 e. The van der Waals surface area contributed by atoms with Crippen LogP contribution >= 0.6 is 0 Å². The van der Waals surface area contributed by atoms with Crippen molar-refractivity contribution in [1.82, 2.24) is 4.98 Å². The molecule has 1 aromatic heterocycles. The van der Waals surface area contributed by atoms with E-state index < -0.39 is 136 Å². The third-order valence-electron chi connectivity index (χ3n) is 11.8. The number of ether oxygens (including phenoxy) is 7. The Hall–Kier alpha value is -4.44. The first-order chi connectivity index (χ1) is 25.9. The molecule has 2 saturated carbocycles. The Morgan fingerprint density at radius 1 is 0.804 bits per heavy atom. The summed E-state index contributed by atoms with van der Waals surface area (Å²) in [6.07, 6.45) is -8.46. The van der Waals surface area contributed by atoms with E-state index in [4.69, 9.17) is 33.2 Å². The fraction of sp³-hybridized carbons (Fsp3) is 0.700. The molecule has 0 amide bonds. The Balaban J connectivity index is 1.94. The summed E-state index contributed by atoms with van der Waals surface area (Å²) in [4.78, 5) is 99.8. The predicted molar refractivity (Wildman–Crippen MR) is 191 cm³/mol. The standard InChI is InChI=1S/C40H53NO15/c1-18(2)33(46)53-28-31(54-35(48)25-13-12-14-41-16-25)37(10,11)36(52-24(9)44)40-17-38(49,32(28)55-34(47)19(3)4)30(51-23(8)43)26-27(50-22(7)42)20(5)15-39(26,56-40)29(45)21(40)6/h12-14,16,18-21,26-28,30-32,36,49H,15,17H2,1-11H3/t20-,21-,26-,27-,28-,30+,31+,32+,36-,38-,39+,40-/m0/s1. The lowest BCUT2D eigenvalue weighted by atomic mass is 9.56. The number of rotatable bonds is 9. The van der Waals surface area contributed by atoms with Crippen LogP contribution in [0.25, 0.3) is 0 Å². The molecule has 56 heavy (non-hydrogen) atoms. The first kappa shape index (κ1) is 42.7. The fourth-order valence-corrected chi connectivity index (χ4v) is 9.39. The maximum Gasteiger partial charge on any atom is 0.340 e. The number of aliphatic hydroxyl groups is 1. The minimum absolute atomic E-state index is 0.0292. The van der Waals surface area contributed by atoms with Gasteiger partial charge in [0.1, 0.15) is 35.1 Å². The molecule has 0 aromatic carbocycles. The van der Waals surface area contributed by atoms with E-state index in [0.717, 1.165) is 20.8 Å². The molecule has 16 nitrogen and oxygen atoms in total. The molecule has 4 fully saturated rings. The van der Waals surface area contributed by atoms with Gasteiger partial charge in [0.2, 0.25) is 0 Å². The van der Waals surface area contributed by atoms with Gasteiger partial charge in [-0.1, -0.05) is 55.4 Å². The van der Waals surface area contributed by atoms with Crippen LogP contribution in [0, 0.1) is 35.0 Å². The molecule has 2 spiro atoms. The number of carbonyl (C=O) groups excluding carboxylic acids is 7. The first-order valence-corrected chi connectivity index (χ1v) is 18.9. The zero-order valence-electron chi connectivity index (χ0n) is 33.7. The van der Waals surface area contributed by atoms with Gasteiger partial charge in [-0.15, -0.1) is 0 Å². The summed E-state index contributed by atoms with van der Waals surface area (Å²) in [7, 11) is 0. The number of hydrogen-bond donors (Lipinski definition) is 1. The molecule has 2 aliphatic heterocycles. The monoisotopic (exact) mass is 787 g/mol. The van der Waals surface area contributed by atoms with Crippen molar-refractivity contribution in [1.29, 1.82) is 0 Å². The van der Waals surface area contributed by atoms with Crippen LogP contribution in [0.4, 0.5) is 0 Å². The molecule has 5 rings (SSSR count). The number of fused-ring (bicyclic) bond motifs is 1. The normalized spacial score (nSPS) is 37.0. The summed E-state index contributed by atoms with van der Waals surface area (Å²) in [5.74, 6) is -10.6. The summed E-state index contributed by atoms with van der Waals surface area (Å²) in [6.45, 7) is 15.8. The Morgan fingerprint density at radius 2 is 1.39 bits per heavy atom. The maximum absolute atomic E-state index is 15.0. The summed E-state index contributed by atoms with van der Waals surface area (Å²) in [5, 5.41) is 13.7. The number of esters is 6. The van der Waals surface area contributed by atoms with E-state index in [1.54, 1.807) is 27.7 Å². The molecule has 1 aromatic rings. The second-order valence-electron chi connectivity index (χ2n) is 17.0. The Kier molecular flexibility index (Phi) is 11.5. The van der Waals surface area contributed by atoms with Crippen LogP contribution in [0.3, 0.4) is 0 Å². The SMILES string of the molecule is CC(=O)O[C@@H]1[C@H]2[C@@H](OC(C)=O)[C@@]3(O)C[C@@]4(O[C@@]2(C[C@@H]1C)C(=O)[C@@H]4C)[C@@H](OC(C)=O)C(C)(C)[C@H](OC(=O)c1cccnc1)[C@H](OC(=O)C(C)C)[C@H]3OC(=O)C(C)C. The Morgan fingerprint density at radius 3 is 1.93 bits per heavy atom. The van der Waals surface area contributed by atoms with Gasteiger partial charge in [-0.05, 0) is 24.5 Å². The van der Waals surface area contributed by atoms with Crippen molar-refractivity contribution in [2.24, 2.45) is 35.0 Å². The van der Waals surface area contributed by atoms with Crippen molar-refractivity contribution in [2.45, 2.75) is 142 Å². The van der Waals surface area contributed by atoms with Gasteiger partial charge in [0.25, 0.3) is 0 Å². The van der Waals surface area contributed by atoms with E-state index >= 15 is 0 Å². The number of hydrogen-bond acceptors (Lipinski definition) is 16. The lowest BCUT2D eigenvalue weighted by molar-refractivity contribution is -0.284. The van der Waals surface area contributed by atoms with Crippen molar-refractivity contribution in [3.63, 3.8) is 0 Å². The second-order valence-corrected chi connectivity index (χ2v) is 17.0. The highest BCUT2D eigenvalue weighted by molar-refractivity contribution is 5.94. The predicted octanol–water partition coefficient (Wildman–Crippen LogP) is 3.08. The quantitative estimate of drug-likeness (QED) is 0.281. The third kappa shape index (κ3) is 7.07. The van der Waals surface area contributed by atoms with E-state index in [0.29, 0.717) is 0 Å². The highest BCUT2D eigenvalue weighted by atomic mass is 16.6. The zero-order chi connectivity index (χ0) is 41.9. The fourth-order valence-electron chi connectivity index (χ4n) is 9.39. The molecule has 12 atom stereocenters. The van der Waals surface area contributed by atoms with Gasteiger partial charge in [0.15, 0.2) is 24.1 Å². The summed E-state index contributed by atoms with van der Waals surface area (Å²) in [5.41, 5.74) is -8.38. The largest absolute Gasteiger partial charge is 0.462 e. The van der Waals surface area contributed by atoms with Crippen LogP contribution in [-0.4, -0.2) is 105 Å². The van der Waals surface area contributed by atoms with Gasteiger partial charge in [0.05, 0.1) is 29.2 Å². The molecule has 1 N–H and O–H groups in total. The van der Waals surface area contributed by atoms with E-state index in [-0.39, 0.29) is 12.0 Å². The van der Waals surface area contributed by atoms with Crippen LogP contribution in [0.5, 0.6) is 0 Å². The highest BCUT2D eigenvalue weighted by Crippen LogP contribution is 2.65.